The zero-order valence-corrected chi connectivity index (χ0v) is 15.7. The normalized spacial score (nSPS) is 28.2. The van der Waals surface area contributed by atoms with Gasteiger partial charge in [-0.1, -0.05) is 12.1 Å². The highest BCUT2D eigenvalue weighted by molar-refractivity contribution is 5.77. The van der Waals surface area contributed by atoms with Crippen molar-refractivity contribution in [1.29, 1.82) is 0 Å². The van der Waals surface area contributed by atoms with E-state index in [1.165, 1.54) is 12.1 Å². The molecule has 30 heavy (non-hydrogen) atoms. The second kappa shape index (κ2) is 9.32. The first kappa shape index (κ1) is 23.4. The van der Waals surface area contributed by atoms with E-state index < -0.39 is 77.5 Å². The molecule has 6 atom stereocenters. The standard InChI is InChI=1S/C17H22N2O11/c1-8(21)18-13-10(22)6-17(16(25)26,30-15(13)14(24)11(23)7-20)29-12-5-3-2-4-9(12)19(27)28/h2-5,10-11,13-15,20,22-24H,6-7H2,1H3,(H,18,21)(H,25,26)/t10-,11-,13-,14+,15-,17-/m1/s1. The number of nitro benzene ring substituents is 1. The molecule has 2 rings (SSSR count). The number of carboxylic acids is 1. The van der Waals surface area contributed by atoms with Gasteiger partial charge >= 0.3 is 17.4 Å². The van der Waals surface area contributed by atoms with Crippen molar-refractivity contribution in [2.24, 2.45) is 0 Å². The minimum Gasteiger partial charge on any atom is -0.476 e. The van der Waals surface area contributed by atoms with Crippen LogP contribution in [0.1, 0.15) is 13.3 Å². The number of aliphatic hydroxyl groups excluding tert-OH is 4. The van der Waals surface area contributed by atoms with Gasteiger partial charge in [-0.05, 0) is 6.07 Å². The summed E-state index contributed by atoms with van der Waals surface area (Å²) in [6, 6.07) is 3.48. The van der Waals surface area contributed by atoms with Crippen molar-refractivity contribution in [3.05, 3.63) is 34.4 Å². The summed E-state index contributed by atoms with van der Waals surface area (Å²) in [5.74, 6) is -5.62. The number of nitro groups is 1. The average molecular weight is 430 g/mol. The summed E-state index contributed by atoms with van der Waals surface area (Å²) in [6.45, 7) is 0.163. The molecule has 0 bridgehead atoms. The van der Waals surface area contributed by atoms with Crippen LogP contribution in [0.2, 0.25) is 0 Å². The number of benzene rings is 1. The van der Waals surface area contributed by atoms with Gasteiger partial charge in [-0.15, -0.1) is 0 Å². The first-order valence-electron chi connectivity index (χ1n) is 8.78. The van der Waals surface area contributed by atoms with E-state index in [1.807, 2.05) is 0 Å². The quantitative estimate of drug-likeness (QED) is 0.199. The number of hydrogen-bond donors (Lipinski definition) is 6. The second-order valence-corrected chi connectivity index (χ2v) is 6.71. The molecule has 0 saturated carbocycles. The summed E-state index contributed by atoms with van der Waals surface area (Å²) in [7, 11) is 0. The Labute approximate surface area is 169 Å². The predicted octanol–water partition coefficient (Wildman–Crippen LogP) is -1.88. The SMILES string of the molecule is CC(=O)N[C@H]1[C@H]([C@@H](O)[C@H](O)CO)O[C@@](Oc2ccccc2[N+](=O)[O-])(C(=O)O)C[C@H]1O. The number of carboxylic acid groups (broad SMARTS) is 1. The average Bonchev–Trinajstić information content (AvgIpc) is 2.68. The lowest BCUT2D eigenvalue weighted by Crippen LogP contribution is -2.68. The molecule has 1 fully saturated rings. The molecule has 0 aliphatic carbocycles. The Kier molecular flexibility index (Phi) is 7.28. The molecular weight excluding hydrogens is 408 g/mol. The van der Waals surface area contributed by atoms with Crippen LogP contribution in [0.3, 0.4) is 0 Å². The van der Waals surface area contributed by atoms with Crippen molar-refractivity contribution < 1.29 is 49.5 Å². The van der Waals surface area contributed by atoms with Crippen molar-refractivity contribution in [2.45, 2.75) is 49.6 Å². The Morgan fingerprint density at radius 2 is 2.03 bits per heavy atom. The van der Waals surface area contributed by atoms with Crippen LogP contribution in [0.4, 0.5) is 5.69 Å². The van der Waals surface area contributed by atoms with Gasteiger partial charge in [0, 0.05) is 13.0 Å². The second-order valence-electron chi connectivity index (χ2n) is 6.71. The molecule has 0 radical (unpaired) electrons. The molecule has 13 heteroatoms. The molecule has 1 amide bonds. The largest absolute Gasteiger partial charge is 0.476 e. The van der Waals surface area contributed by atoms with Crippen LogP contribution in [-0.4, -0.2) is 85.2 Å². The Morgan fingerprint density at radius 1 is 1.40 bits per heavy atom. The molecular formula is C17H22N2O11. The third kappa shape index (κ3) is 4.83. The van der Waals surface area contributed by atoms with Gasteiger partial charge in [-0.3, -0.25) is 14.9 Å². The zero-order chi connectivity index (χ0) is 22.6. The number of nitrogens with one attached hydrogen (secondary N) is 1. The molecule has 6 N–H and O–H groups in total. The number of ether oxygens (including phenoxy) is 2. The van der Waals surface area contributed by atoms with Crippen molar-refractivity contribution in [3.63, 3.8) is 0 Å². The monoisotopic (exact) mass is 430 g/mol. The van der Waals surface area contributed by atoms with Crippen LogP contribution in [-0.2, 0) is 14.3 Å². The fourth-order valence-electron chi connectivity index (χ4n) is 3.10. The van der Waals surface area contributed by atoms with Gasteiger partial charge in [0.2, 0.25) is 11.7 Å². The molecule has 1 saturated heterocycles. The number of hydrogen-bond acceptors (Lipinski definition) is 10. The Morgan fingerprint density at radius 3 is 2.57 bits per heavy atom. The number of rotatable bonds is 8. The van der Waals surface area contributed by atoms with Crippen molar-refractivity contribution in [2.75, 3.05) is 6.61 Å². The van der Waals surface area contributed by atoms with E-state index in [0.29, 0.717) is 0 Å². The minimum atomic E-state index is -2.71. The number of carbonyl (C=O) groups excluding carboxylic acids is 1. The maximum Gasteiger partial charge on any atom is 0.377 e. The van der Waals surface area contributed by atoms with Crippen molar-refractivity contribution in [1.82, 2.24) is 5.32 Å². The Balaban J connectivity index is 2.49. The third-order valence-electron chi connectivity index (χ3n) is 4.52. The molecule has 1 heterocycles. The maximum absolute atomic E-state index is 12.0. The molecule has 1 aliphatic heterocycles. The number of aliphatic hydroxyl groups is 4. The summed E-state index contributed by atoms with van der Waals surface area (Å²) in [4.78, 5) is 33.9. The number of amides is 1. The van der Waals surface area contributed by atoms with Gasteiger partial charge < -0.3 is 40.3 Å². The summed E-state index contributed by atoms with van der Waals surface area (Å²) in [6.07, 6.45) is -7.95. The van der Waals surface area contributed by atoms with E-state index >= 15 is 0 Å². The first-order valence-corrected chi connectivity index (χ1v) is 8.78. The van der Waals surface area contributed by atoms with Gasteiger partial charge in [0.15, 0.2) is 0 Å². The number of aliphatic carboxylic acids is 1. The van der Waals surface area contributed by atoms with E-state index in [-0.39, 0.29) is 0 Å². The predicted molar refractivity (Wildman–Crippen MR) is 96.3 cm³/mol. The van der Waals surface area contributed by atoms with Crippen LogP contribution < -0.4 is 10.1 Å². The summed E-state index contributed by atoms with van der Waals surface area (Å²) < 4.78 is 10.7. The Bertz CT molecular complexity index is 804. The van der Waals surface area contributed by atoms with Crippen molar-refractivity contribution in [3.8, 4) is 5.75 Å². The molecule has 0 unspecified atom stereocenters. The van der Waals surface area contributed by atoms with Crippen LogP contribution >= 0.6 is 0 Å². The van der Waals surface area contributed by atoms with Crippen LogP contribution in [0.5, 0.6) is 5.75 Å². The van der Waals surface area contributed by atoms with E-state index in [4.69, 9.17) is 14.6 Å². The van der Waals surface area contributed by atoms with E-state index in [1.54, 1.807) is 0 Å². The first-order chi connectivity index (χ1) is 14.0. The molecule has 1 aliphatic rings. The summed E-state index contributed by atoms with van der Waals surface area (Å²) in [5, 5.41) is 63.0. The lowest BCUT2D eigenvalue weighted by molar-refractivity contribution is -0.387. The molecule has 0 aromatic heterocycles. The highest BCUT2D eigenvalue weighted by Crippen LogP contribution is 2.37. The van der Waals surface area contributed by atoms with E-state index in [2.05, 4.69) is 5.32 Å². The van der Waals surface area contributed by atoms with Gasteiger partial charge in [-0.25, -0.2) is 4.79 Å². The van der Waals surface area contributed by atoms with Gasteiger partial charge in [0.05, 0.1) is 30.1 Å². The lowest BCUT2D eigenvalue weighted by atomic mass is 9.88. The molecule has 13 nitrogen and oxygen atoms in total. The third-order valence-corrected chi connectivity index (χ3v) is 4.52. The lowest BCUT2D eigenvalue weighted by Gasteiger charge is -2.46. The van der Waals surface area contributed by atoms with Crippen LogP contribution in [0.25, 0.3) is 0 Å². The highest BCUT2D eigenvalue weighted by Gasteiger charge is 2.57. The highest BCUT2D eigenvalue weighted by atomic mass is 16.7. The molecule has 1 aromatic carbocycles. The zero-order valence-electron chi connectivity index (χ0n) is 15.7. The topological polar surface area (TPSA) is 209 Å². The van der Waals surface area contributed by atoms with E-state index in [9.17, 15) is 40.1 Å². The van der Waals surface area contributed by atoms with Crippen molar-refractivity contribution >= 4 is 17.6 Å². The van der Waals surface area contributed by atoms with Crippen LogP contribution in [0.15, 0.2) is 24.3 Å². The Hall–Kier alpha value is -2.84. The van der Waals surface area contributed by atoms with Gasteiger partial charge in [0.1, 0.15) is 18.3 Å². The number of nitrogens with zero attached hydrogens (tertiary/aromatic N) is 1. The fraction of sp³-hybridized carbons (Fsp3) is 0.529. The summed E-state index contributed by atoms with van der Waals surface area (Å²) >= 11 is 0. The number of carbonyl (C=O) groups is 2. The molecule has 0 spiro atoms. The molecule has 1 aromatic rings. The van der Waals surface area contributed by atoms with Gasteiger partial charge in [0.25, 0.3) is 0 Å². The van der Waals surface area contributed by atoms with Gasteiger partial charge in [-0.2, -0.15) is 0 Å². The summed E-state index contributed by atoms with van der Waals surface area (Å²) in [5.41, 5.74) is -0.576. The van der Waals surface area contributed by atoms with E-state index in [0.717, 1.165) is 19.1 Å². The minimum absolute atomic E-state index is 0.481. The van der Waals surface area contributed by atoms with Crippen LogP contribution in [0, 0.1) is 10.1 Å². The fourth-order valence-corrected chi connectivity index (χ4v) is 3.10. The smallest absolute Gasteiger partial charge is 0.377 e. The molecule has 166 valence electrons. The number of para-hydroxylation sites is 2. The maximum atomic E-state index is 12.0.